The van der Waals surface area contributed by atoms with Gasteiger partial charge < -0.3 is 5.73 Å². The molecule has 0 aliphatic rings. The molecule has 2 aromatic carbocycles. The van der Waals surface area contributed by atoms with Crippen molar-refractivity contribution in [3.63, 3.8) is 0 Å². The van der Waals surface area contributed by atoms with Crippen molar-refractivity contribution < 1.29 is 12.8 Å². The zero-order chi connectivity index (χ0) is 15.6. The van der Waals surface area contributed by atoms with Crippen LogP contribution in [0.3, 0.4) is 0 Å². The van der Waals surface area contributed by atoms with Gasteiger partial charge in [0.15, 0.2) is 5.82 Å². The van der Waals surface area contributed by atoms with Crippen molar-refractivity contribution in [3.05, 3.63) is 58.9 Å². The summed E-state index contributed by atoms with van der Waals surface area (Å²) in [5, 5.41) is -0.331. The summed E-state index contributed by atoms with van der Waals surface area (Å²) in [6, 6.07) is 10.6. The maximum Gasteiger partial charge on any atom is 0.244 e. The van der Waals surface area contributed by atoms with Gasteiger partial charge in [0.2, 0.25) is 10.0 Å². The maximum absolute atomic E-state index is 13.9. The molecule has 0 heterocycles. The summed E-state index contributed by atoms with van der Waals surface area (Å²) in [5.41, 5.74) is 6.36. The Bertz CT molecular complexity index is 751. The van der Waals surface area contributed by atoms with E-state index in [1.54, 1.807) is 31.2 Å². The molecule has 0 aliphatic carbocycles. The van der Waals surface area contributed by atoms with Crippen molar-refractivity contribution in [1.82, 2.24) is 4.72 Å². The summed E-state index contributed by atoms with van der Waals surface area (Å²) in [4.78, 5) is -0.560. The molecule has 21 heavy (non-hydrogen) atoms. The van der Waals surface area contributed by atoms with Crippen LogP contribution in [-0.4, -0.2) is 8.42 Å². The van der Waals surface area contributed by atoms with Gasteiger partial charge >= 0.3 is 0 Å². The Morgan fingerprint density at radius 1 is 1.24 bits per heavy atom. The molecular formula is C14H14ClFN2O2S. The molecule has 4 nitrogen and oxygen atoms in total. The number of rotatable bonds is 4. The summed E-state index contributed by atoms with van der Waals surface area (Å²) >= 11 is 5.63. The third-order valence-corrected chi connectivity index (χ3v) is 4.75. The number of benzene rings is 2. The van der Waals surface area contributed by atoms with Gasteiger partial charge in [0.1, 0.15) is 4.90 Å². The summed E-state index contributed by atoms with van der Waals surface area (Å²) in [5.74, 6) is -1.02. The first-order chi connectivity index (χ1) is 9.81. The number of anilines is 1. The summed E-state index contributed by atoms with van der Waals surface area (Å²) in [6.07, 6.45) is 0. The van der Waals surface area contributed by atoms with Crippen LogP contribution in [0.2, 0.25) is 5.02 Å². The zero-order valence-corrected chi connectivity index (χ0v) is 12.7. The molecule has 0 amide bonds. The van der Waals surface area contributed by atoms with E-state index < -0.39 is 26.8 Å². The number of halogens is 2. The molecule has 0 aromatic heterocycles. The minimum atomic E-state index is -4.07. The number of nitrogen functional groups attached to an aromatic ring is 1. The van der Waals surface area contributed by atoms with Crippen molar-refractivity contribution in [1.29, 1.82) is 0 Å². The van der Waals surface area contributed by atoms with Gasteiger partial charge in [-0.3, -0.25) is 0 Å². The van der Waals surface area contributed by atoms with Crippen LogP contribution in [0.1, 0.15) is 18.5 Å². The van der Waals surface area contributed by atoms with Gasteiger partial charge in [0.05, 0.1) is 5.02 Å². The highest BCUT2D eigenvalue weighted by atomic mass is 35.5. The van der Waals surface area contributed by atoms with Crippen molar-refractivity contribution in [2.45, 2.75) is 17.9 Å². The number of nitrogens with two attached hydrogens (primary N) is 1. The predicted molar refractivity (Wildman–Crippen MR) is 81.0 cm³/mol. The smallest absolute Gasteiger partial charge is 0.244 e. The largest absolute Gasteiger partial charge is 0.399 e. The van der Waals surface area contributed by atoms with E-state index in [1.807, 2.05) is 6.07 Å². The Kier molecular flexibility index (Phi) is 4.51. The molecule has 0 aliphatic heterocycles. The van der Waals surface area contributed by atoms with E-state index in [-0.39, 0.29) is 10.7 Å². The lowest BCUT2D eigenvalue weighted by atomic mass is 10.1. The molecule has 2 rings (SSSR count). The Hall–Kier alpha value is -1.63. The summed E-state index contributed by atoms with van der Waals surface area (Å²) in [7, 11) is -4.07. The Morgan fingerprint density at radius 2 is 1.86 bits per heavy atom. The molecule has 112 valence electrons. The van der Waals surface area contributed by atoms with Crippen LogP contribution in [0.4, 0.5) is 10.1 Å². The van der Waals surface area contributed by atoms with Crippen LogP contribution < -0.4 is 10.5 Å². The summed E-state index contributed by atoms with van der Waals surface area (Å²) < 4.78 is 40.9. The van der Waals surface area contributed by atoms with E-state index in [0.29, 0.717) is 0 Å². The standard InChI is InChI=1S/C14H14ClFN2O2S/c1-9(10-5-3-2-4-6-10)18-21(19,20)13-8-11(17)7-12(15)14(13)16/h2-9,18H,17H2,1H3. The highest BCUT2D eigenvalue weighted by Gasteiger charge is 2.24. The number of nitrogens with one attached hydrogen (secondary N) is 1. The van der Waals surface area contributed by atoms with Crippen molar-refractivity contribution in [3.8, 4) is 0 Å². The van der Waals surface area contributed by atoms with Crippen molar-refractivity contribution in [2.75, 3.05) is 5.73 Å². The molecule has 0 radical (unpaired) electrons. The summed E-state index contributed by atoms with van der Waals surface area (Å²) in [6.45, 7) is 1.67. The fourth-order valence-corrected chi connectivity index (χ4v) is 3.53. The first-order valence-electron chi connectivity index (χ1n) is 6.13. The fourth-order valence-electron chi connectivity index (χ4n) is 1.89. The maximum atomic E-state index is 13.9. The van der Waals surface area contributed by atoms with Crippen LogP contribution in [0, 0.1) is 5.82 Å². The second-order valence-electron chi connectivity index (χ2n) is 4.57. The van der Waals surface area contributed by atoms with Crippen LogP contribution in [-0.2, 0) is 10.0 Å². The van der Waals surface area contributed by atoms with Crippen molar-refractivity contribution >= 4 is 27.3 Å². The van der Waals surface area contributed by atoms with Gasteiger partial charge in [0, 0.05) is 11.7 Å². The molecule has 0 fully saturated rings. The van der Waals surface area contributed by atoms with E-state index >= 15 is 0 Å². The molecule has 0 saturated heterocycles. The number of hydrogen-bond acceptors (Lipinski definition) is 3. The van der Waals surface area contributed by atoms with E-state index in [1.165, 1.54) is 0 Å². The SMILES string of the molecule is CC(NS(=O)(=O)c1cc(N)cc(Cl)c1F)c1ccccc1. The molecule has 1 unspecified atom stereocenters. The molecular weight excluding hydrogens is 315 g/mol. The zero-order valence-electron chi connectivity index (χ0n) is 11.2. The van der Waals surface area contributed by atoms with Crippen LogP contribution in [0.15, 0.2) is 47.4 Å². The van der Waals surface area contributed by atoms with Gasteiger partial charge in [-0.25, -0.2) is 17.5 Å². The number of hydrogen-bond donors (Lipinski definition) is 2. The highest BCUT2D eigenvalue weighted by Crippen LogP contribution is 2.26. The molecule has 0 spiro atoms. The molecule has 2 aromatic rings. The first kappa shape index (κ1) is 15.8. The van der Waals surface area contributed by atoms with Crippen LogP contribution in [0.5, 0.6) is 0 Å². The Morgan fingerprint density at radius 3 is 2.48 bits per heavy atom. The Balaban J connectivity index is 2.35. The first-order valence-corrected chi connectivity index (χ1v) is 7.99. The van der Waals surface area contributed by atoms with E-state index in [4.69, 9.17) is 17.3 Å². The second-order valence-corrected chi connectivity index (χ2v) is 6.66. The van der Waals surface area contributed by atoms with Gasteiger partial charge in [-0.15, -0.1) is 0 Å². The monoisotopic (exact) mass is 328 g/mol. The lowest BCUT2D eigenvalue weighted by Gasteiger charge is -2.15. The van der Waals surface area contributed by atoms with Gasteiger partial charge in [-0.05, 0) is 24.6 Å². The molecule has 7 heteroatoms. The third-order valence-electron chi connectivity index (χ3n) is 2.94. The quantitative estimate of drug-likeness (QED) is 0.847. The fraction of sp³-hybridized carbons (Fsp3) is 0.143. The van der Waals surface area contributed by atoms with Gasteiger partial charge in [-0.2, -0.15) is 0 Å². The van der Waals surface area contributed by atoms with E-state index in [9.17, 15) is 12.8 Å². The molecule has 1 atom stereocenters. The van der Waals surface area contributed by atoms with Crippen LogP contribution in [0.25, 0.3) is 0 Å². The van der Waals surface area contributed by atoms with Gasteiger partial charge in [0.25, 0.3) is 0 Å². The average Bonchev–Trinajstić information content (AvgIpc) is 2.43. The van der Waals surface area contributed by atoms with E-state index in [2.05, 4.69) is 4.72 Å². The lowest BCUT2D eigenvalue weighted by Crippen LogP contribution is -2.27. The topological polar surface area (TPSA) is 72.2 Å². The highest BCUT2D eigenvalue weighted by molar-refractivity contribution is 7.89. The predicted octanol–water partition coefficient (Wildman–Crippen LogP) is 3.10. The minimum absolute atomic E-state index is 0.0779. The minimum Gasteiger partial charge on any atom is -0.399 e. The third kappa shape index (κ3) is 3.53. The second kappa shape index (κ2) is 6.01. The van der Waals surface area contributed by atoms with Crippen molar-refractivity contribution in [2.24, 2.45) is 0 Å². The Labute approximate surface area is 127 Å². The average molecular weight is 329 g/mol. The lowest BCUT2D eigenvalue weighted by molar-refractivity contribution is 0.547. The molecule has 0 saturated carbocycles. The normalized spacial score (nSPS) is 13.1. The molecule has 3 N–H and O–H groups in total. The van der Waals surface area contributed by atoms with Crippen LogP contribution >= 0.6 is 11.6 Å². The van der Waals surface area contributed by atoms with E-state index in [0.717, 1.165) is 17.7 Å². The molecule has 0 bridgehead atoms. The van der Waals surface area contributed by atoms with Gasteiger partial charge in [-0.1, -0.05) is 41.9 Å². The number of sulfonamides is 1.